The van der Waals surface area contributed by atoms with Gasteiger partial charge in [0.1, 0.15) is 5.03 Å². The molecule has 0 N–H and O–H groups in total. The number of benzene rings is 2. The highest BCUT2D eigenvalue weighted by atomic mass is 32.2. The minimum Gasteiger partial charge on any atom is -0.222 e. The van der Waals surface area contributed by atoms with Gasteiger partial charge in [0.15, 0.2) is 5.16 Å². The van der Waals surface area contributed by atoms with Crippen LogP contribution in [0.25, 0.3) is 10.2 Å². The number of thiophene rings is 1. The normalized spacial score (nSPS) is 11.8. The zero-order valence-corrected chi connectivity index (χ0v) is 17.5. The lowest BCUT2D eigenvalue weighted by Gasteiger charge is -2.09. The summed E-state index contributed by atoms with van der Waals surface area (Å²) in [5, 5.41) is 3.43. The van der Waals surface area contributed by atoms with Crippen LogP contribution in [-0.4, -0.2) is 9.97 Å². The highest BCUT2D eigenvalue weighted by Gasteiger charge is 2.30. The molecule has 0 bridgehead atoms. The van der Waals surface area contributed by atoms with Gasteiger partial charge < -0.3 is 0 Å². The molecule has 148 valence electrons. The fourth-order valence-corrected chi connectivity index (χ4v) is 5.46. The monoisotopic (exact) mass is 448 g/mol. The van der Waals surface area contributed by atoms with Gasteiger partial charge >= 0.3 is 6.18 Å². The molecule has 0 radical (unpaired) electrons. The topological polar surface area (TPSA) is 25.8 Å². The second-order valence-corrected chi connectivity index (χ2v) is 9.03. The van der Waals surface area contributed by atoms with E-state index in [1.54, 1.807) is 29.2 Å². The van der Waals surface area contributed by atoms with Crippen LogP contribution in [0.2, 0.25) is 0 Å². The first kappa shape index (κ1) is 20.3. The van der Waals surface area contributed by atoms with Crippen LogP contribution in [0.1, 0.15) is 16.7 Å². The molecule has 0 unspecified atom stereocenters. The third kappa shape index (κ3) is 5.12. The largest absolute Gasteiger partial charge is 0.416 e. The summed E-state index contributed by atoms with van der Waals surface area (Å²) < 4.78 is 39.8. The van der Waals surface area contributed by atoms with Crippen molar-refractivity contribution in [2.45, 2.75) is 27.9 Å². The second-order valence-electron chi connectivity index (χ2n) is 6.21. The van der Waals surface area contributed by atoms with Gasteiger partial charge in [0.2, 0.25) is 0 Å². The number of nitrogens with zero attached hydrogens (tertiary/aromatic N) is 2. The van der Waals surface area contributed by atoms with Gasteiger partial charge in [0, 0.05) is 11.5 Å². The van der Waals surface area contributed by atoms with E-state index in [0.717, 1.165) is 27.1 Å². The maximum Gasteiger partial charge on any atom is 0.416 e. The Morgan fingerprint density at radius 1 is 0.828 bits per heavy atom. The lowest BCUT2D eigenvalue weighted by molar-refractivity contribution is -0.137. The molecular formula is C21H15F3N2S3. The summed E-state index contributed by atoms with van der Waals surface area (Å²) in [5.74, 6) is 1.17. The Hall–Kier alpha value is -2.03. The lowest BCUT2D eigenvalue weighted by Crippen LogP contribution is -2.04. The molecule has 0 saturated carbocycles. The summed E-state index contributed by atoms with van der Waals surface area (Å²) in [5.41, 5.74) is 2.04. The molecule has 0 saturated heterocycles. The molecule has 8 heteroatoms. The van der Waals surface area contributed by atoms with Gasteiger partial charge in [0.05, 0.1) is 15.8 Å². The molecule has 2 heterocycles. The molecule has 0 spiro atoms. The smallest absolute Gasteiger partial charge is 0.222 e. The van der Waals surface area contributed by atoms with Gasteiger partial charge in [-0.05, 0) is 28.6 Å². The van der Waals surface area contributed by atoms with Crippen LogP contribution in [-0.2, 0) is 17.7 Å². The Balaban J connectivity index is 1.53. The molecule has 0 aliphatic heterocycles. The van der Waals surface area contributed by atoms with Crippen molar-refractivity contribution < 1.29 is 13.2 Å². The van der Waals surface area contributed by atoms with Crippen molar-refractivity contribution in [1.82, 2.24) is 9.97 Å². The van der Waals surface area contributed by atoms with Crippen LogP contribution in [0.15, 0.2) is 76.2 Å². The number of fused-ring (bicyclic) bond motifs is 1. The summed E-state index contributed by atoms with van der Waals surface area (Å²) in [6.45, 7) is 0. The molecule has 29 heavy (non-hydrogen) atoms. The molecule has 2 nitrogen and oxygen atoms in total. The summed E-state index contributed by atoms with van der Waals surface area (Å²) in [6.07, 6.45) is -4.34. The molecular weight excluding hydrogens is 433 g/mol. The van der Waals surface area contributed by atoms with E-state index in [0.29, 0.717) is 16.5 Å². The standard InChI is InChI=1S/C21H15F3N2S3/c22-21(23,24)16-8-4-7-15(11-16)13-28-19-18-17(9-10-27-18)25-20(26-19)29-12-14-5-2-1-3-6-14/h1-11H,12-13H2. The molecule has 0 atom stereocenters. The molecule has 0 amide bonds. The van der Waals surface area contributed by atoms with E-state index < -0.39 is 11.7 Å². The number of hydrogen-bond donors (Lipinski definition) is 0. The highest BCUT2D eigenvalue weighted by Crippen LogP contribution is 2.35. The van der Waals surface area contributed by atoms with Crippen molar-refractivity contribution in [3.05, 3.63) is 82.7 Å². The van der Waals surface area contributed by atoms with E-state index in [1.807, 2.05) is 29.6 Å². The molecule has 0 aliphatic rings. The predicted octanol–water partition coefficient (Wildman–Crippen LogP) is 7.29. The maximum atomic E-state index is 12.9. The Labute approximate surface area is 178 Å². The minimum atomic E-state index is -4.34. The van der Waals surface area contributed by atoms with Crippen LogP contribution in [0.3, 0.4) is 0 Å². The summed E-state index contributed by atoms with van der Waals surface area (Å²) in [7, 11) is 0. The third-order valence-corrected chi connectivity index (χ3v) is 7.10. The molecule has 0 fully saturated rings. The number of rotatable bonds is 6. The fourth-order valence-electron chi connectivity index (χ4n) is 2.69. The fraction of sp³-hybridized carbons (Fsp3) is 0.143. The SMILES string of the molecule is FC(F)(F)c1cccc(CSc2nc(SCc3ccccc3)nc3ccsc23)c1. The maximum absolute atomic E-state index is 12.9. The zero-order valence-electron chi connectivity index (χ0n) is 15.0. The van der Waals surface area contributed by atoms with E-state index in [-0.39, 0.29) is 0 Å². The van der Waals surface area contributed by atoms with Crippen molar-refractivity contribution >= 4 is 45.1 Å². The third-order valence-electron chi connectivity index (χ3n) is 4.09. The van der Waals surface area contributed by atoms with Gasteiger partial charge in [-0.25, -0.2) is 9.97 Å². The molecule has 2 aromatic heterocycles. The van der Waals surface area contributed by atoms with Gasteiger partial charge in [0.25, 0.3) is 0 Å². The molecule has 0 aliphatic carbocycles. The van der Waals surface area contributed by atoms with Gasteiger partial charge in [-0.2, -0.15) is 13.2 Å². The van der Waals surface area contributed by atoms with Crippen LogP contribution >= 0.6 is 34.9 Å². The van der Waals surface area contributed by atoms with Crippen molar-refractivity contribution in [2.75, 3.05) is 0 Å². The summed E-state index contributed by atoms with van der Waals surface area (Å²) in [4.78, 5) is 9.29. The number of hydrogen-bond acceptors (Lipinski definition) is 5. The Bertz CT molecular complexity index is 1110. The average Bonchev–Trinajstić information content (AvgIpc) is 3.20. The first-order chi connectivity index (χ1) is 14.0. The second kappa shape index (κ2) is 8.77. The number of thioether (sulfide) groups is 2. The predicted molar refractivity (Wildman–Crippen MR) is 114 cm³/mol. The molecule has 4 aromatic rings. The lowest BCUT2D eigenvalue weighted by atomic mass is 10.1. The highest BCUT2D eigenvalue weighted by molar-refractivity contribution is 7.99. The summed E-state index contributed by atoms with van der Waals surface area (Å²) in [6, 6.07) is 17.5. The molecule has 2 aromatic carbocycles. The van der Waals surface area contributed by atoms with Gasteiger partial charge in [-0.3, -0.25) is 0 Å². The Morgan fingerprint density at radius 3 is 2.38 bits per heavy atom. The van der Waals surface area contributed by atoms with Crippen molar-refractivity contribution in [1.29, 1.82) is 0 Å². The van der Waals surface area contributed by atoms with E-state index in [2.05, 4.69) is 22.1 Å². The van der Waals surface area contributed by atoms with E-state index in [1.165, 1.54) is 29.5 Å². The van der Waals surface area contributed by atoms with Crippen molar-refractivity contribution in [3.63, 3.8) is 0 Å². The first-order valence-electron chi connectivity index (χ1n) is 8.70. The van der Waals surface area contributed by atoms with Gasteiger partial charge in [-0.15, -0.1) is 23.1 Å². The van der Waals surface area contributed by atoms with E-state index >= 15 is 0 Å². The minimum absolute atomic E-state index is 0.413. The van der Waals surface area contributed by atoms with Gasteiger partial charge in [-0.1, -0.05) is 60.3 Å². The quantitative estimate of drug-likeness (QED) is 0.176. The van der Waals surface area contributed by atoms with Crippen molar-refractivity contribution in [3.8, 4) is 0 Å². The zero-order chi connectivity index (χ0) is 20.3. The number of aromatic nitrogens is 2. The Morgan fingerprint density at radius 2 is 1.59 bits per heavy atom. The number of alkyl halides is 3. The summed E-state index contributed by atoms with van der Waals surface area (Å²) >= 11 is 4.54. The first-order valence-corrected chi connectivity index (χ1v) is 11.5. The van der Waals surface area contributed by atoms with E-state index in [9.17, 15) is 13.2 Å². The van der Waals surface area contributed by atoms with Crippen LogP contribution < -0.4 is 0 Å². The van der Waals surface area contributed by atoms with Crippen LogP contribution in [0.5, 0.6) is 0 Å². The van der Waals surface area contributed by atoms with Crippen LogP contribution in [0.4, 0.5) is 13.2 Å². The van der Waals surface area contributed by atoms with Crippen LogP contribution in [0, 0.1) is 0 Å². The Kier molecular flexibility index (Phi) is 6.12. The number of halogens is 3. The molecule has 4 rings (SSSR count). The van der Waals surface area contributed by atoms with E-state index in [4.69, 9.17) is 0 Å². The average molecular weight is 449 g/mol. The van der Waals surface area contributed by atoms with Crippen molar-refractivity contribution in [2.24, 2.45) is 0 Å².